The van der Waals surface area contributed by atoms with Crippen LogP contribution in [0.4, 0.5) is 0 Å². The van der Waals surface area contributed by atoms with E-state index >= 15 is 0 Å². The Morgan fingerprint density at radius 3 is 2.37 bits per heavy atom. The van der Waals surface area contributed by atoms with E-state index in [1.165, 1.54) is 25.3 Å². The monoisotopic (exact) mass is 403 g/mol. The van der Waals surface area contributed by atoms with Gasteiger partial charge in [-0.05, 0) is 48.0 Å². The summed E-state index contributed by atoms with van der Waals surface area (Å²) >= 11 is 6.02. The summed E-state index contributed by atoms with van der Waals surface area (Å²) in [6.07, 6.45) is 0. The molecule has 3 rings (SSSR count). The Balaban J connectivity index is 1.70. The van der Waals surface area contributed by atoms with Crippen molar-refractivity contribution in [2.24, 2.45) is 0 Å². The number of methoxy groups -OCH3 is 1. The van der Waals surface area contributed by atoms with Crippen molar-refractivity contribution in [1.82, 2.24) is 4.72 Å². The number of para-hydroxylation sites is 1. The Morgan fingerprint density at radius 2 is 1.67 bits per heavy atom. The average Bonchev–Trinajstić information content (AvgIpc) is 2.67. The second-order valence-electron chi connectivity index (χ2n) is 5.68. The summed E-state index contributed by atoms with van der Waals surface area (Å²) < 4.78 is 38.4. The second kappa shape index (κ2) is 8.43. The highest BCUT2D eigenvalue weighted by Crippen LogP contribution is 2.27. The van der Waals surface area contributed by atoms with Crippen molar-refractivity contribution in [2.75, 3.05) is 7.11 Å². The first kappa shape index (κ1) is 19.2. The van der Waals surface area contributed by atoms with Crippen LogP contribution >= 0.6 is 11.6 Å². The summed E-state index contributed by atoms with van der Waals surface area (Å²) in [5, 5.41) is 0.235. The SMILES string of the molecule is COc1ccc(S(=O)(=O)NCc2cccc(Oc3ccccc3)c2)cc1Cl. The summed E-state index contributed by atoms with van der Waals surface area (Å²) in [4.78, 5) is 0.0741. The zero-order valence-corrected chi connectivity index (χ0v) is 16.1. The van der Waals surface area contributed by atoms with Crippen LogP contribution < -0.4 is 14.2 Å². The Labute approximate surface area is 163 Å². The molecule has 0 radical (unpaired) electrons. The van der Waals surface area contributed by atoms with Crippen LogP contribution in [0.15, 0.2) is 77.7 Å². The molecule has 0 saturated heterocycles. The molecule has 0 aliphatic rings. The van der Waals surface area contributed by atoms with Crippen molar-refractivity contribution in [1.29, 1.82) is 0 Å². The highest BCUT2D eigenvalue weighted by atomic mass is 35.5. The van der Waals surface area contributed by atoms with Crippen molar-refractivity contribution >= 4 is 21.6 Å². The van der Waals surface area contributed by atoms with E-state index < -0.39 is 10.0 Å². The van der Waals surface area contributed by atoms with E-state index in [0.29, 0.717) is 17.2 Å². The molecule has 0 aliphatic carbocycles. The third kappa shape index (κ3) is 5.01. The minimum absolute atomic E-state index is 0.0741. The third-order valence-corrected chi connectivity index (χ3v) is 5.47. The van der Waals surface area contributed by atoms with Crippen molar-refractivity contribution in [3.63, 3.8) is 0 Å². The van der Waals surface area contributed by atoms with Crippen molar-refractivity contribution in [3.8, 4) is 17.2 Å². The molecular formula is C20H18ClNO4S. The largest absolute Gasteiger partial charge is 0.495 e. The summed E-state index contributed by atoms with van der Waals surface area (Å²) in [7, 11) is -2.24. The molecule has 0 bridgehead atoms. The molecule has 0 aliphatic heterocycles. The standard InChI is InChI=1S/C20H18ClNO4S/c1-25-20-11-10-18(13-19(20)21)27(23,24)22-14-15-6-5-9-17(12-15)26-16-7-3-2-4-8-16/h2-13,22H,14H2,1H3. The van der Waals surface area contributed by atoms with Crippen molar-refractivity contribution < 1.29 is 17.9 Å². The molecule has 0 unspecified atom stereocenters. The molecule has 7 heteroatoms. The quantitative estimate of drug-likeness (QED) is 0.625. The van der Waals surface area contributed by atoms with Crippen LogP contribution in [0.1, 0.15) is 5.56 Å². The normalized spacial score (nSPS) is 11.2. The Kier molecular flexibility index (Phi) is 6.01. The van der Waals surface area contributed by atoms with Crippen LogP contribution in [0, 0.1) is 0 Å². The molecule has 27 heavy (non-hydrogen) atoms. The molecular weight excluding hydrogens is 386 g/mol. The van der Waals surface area contributed by atoms with E-state index in [4.69, 9.17) is 21.1 Å². The summed E-state index contributed by atoms with van der Waals surface area (Å²) in [6.45, 7) is 0.123. The Morgan fingerprint density at radius 1 is 0.926 bits per heavy atom. The predicted octanol–water partition coefficient (Wildman–Crippen LogP) is 4.62. The smallest absolute Gasteiger partial charge is 0.240 e. The van der Waals surface area contributed by atoms with Gasteiger partial charge in [-0.25, -0.2) is 13.1 Å². The summed E-state index contributed by atoms with van der Waals surface area (Å²) in [6, 6.07) is 20.9. The minimum Gasteiger partial charge on any atom is -0.495 e. The summed E-state index contributed by atoms with van der Waals surface area (Å²) in [5.74, 6) is 1.76. The van der Waals surface area contributed by atoms with Crippen LogP contribution in [-0.4, -0.2) is 15.5 Å². The maximum absolute atomic E-state index is 12.5. The van der Waals surface area contributed by atoms with Gasteiger partial charge in [0.15, 0.2) is 0 Å². The number of halogens is 1. The zero-order valence-electron chi connectivity index (χ0n) is 14.6. The topological polar surface area (TPSA) is 64.6 Å². The fourth-order valence-corrected chi connectivity index (χ4v) is 3.79. The molecule has 140 valence electrons. The predicted molar refractivity (Wildman–Crippen MR) is 105 cm³/mol. The lowest BCUT2D eigenvalue weighted by Gasteiger charge is -2.10. The number of benzene rings is 3. The van der Waals surface area contributed by atoms with Gasteiger partial charge in [0.25, 0.3) is 0 Å². The maximum atomic E-state index is 12.5. The number of nitrogens with one attached hydrogen (secondary N) is 1. The molecule has 0 saturated carbocycles. The highest BCUT2D eigenvalue weighted by Gasteiger charge is 2.16. The molecule has 3 aromatic rings. The first-order valence-electron chi connectivity index (χ1n) is 8.13. The van der Waals surface area contributed by atoms with E-state index in [1.54, 1.807) is 6.07 Å². The van der Waals surface area contributed by atoms with Gasteiger partial charge in [0, 0.05) is 6.54 Å². The Hall–Kier alpha value is -2.54. The van der Waals surface area contributed by atoms with E-state index in [0.717, 1.165) is 5.56 Å². The lowest BCUT2D eigenvalue weighted by Crippen LogP contribution is -2.23. The fourth-order valence-electron chi connectivity index (χ4n) is 2.42. The number of ether oxygens (including phenoxy) is 2. The third-order valence-electron chi connectivity index (χ3n) is 3.78. The molecule has 5 nitrogen and oxygen atoms in total. The molecule has 0 amide bonds. The molecule has 0 atom stereocenters. The van der Waals surface area contributed by atoms with E-state index in [2.05, 4.69) is 4.72 Å². The first-order valence-corrected chi connectivity index (χ1v) is 9.99. The zero-order chi connectivity index (χ0) is 19.3. The van der Waals surface area contributed by atoms with Gasteiger partial charge in [-0.1, -0.05) is 41.9 Å². The van der Waals surface area contributed by atoms with Gasteiger partial charge in [0.1, 0.15) is 17.2 Å². The maximum Gasteiger partial charge on any atom is 0.240 e. The fraction of sp³-hybridized carbons (Fsp3) is 0.100. The van der Waals surface area contributed by atoms with E-state index in [-0.39, 0.29) is 16.5 Å². The van der Waals surface area contributed by atoms with Crippen LogP contribution in [0.3, 0.4) is 0 Å². The number of hydrogen-bond acceptors (Lipinski definition) is 4. The van der Waals surface area contributed by atoms with Gasteiger partial charge in [-0.2, -0.15) is 0 Å². The first-order chi connectivity index (χ1) is 13.0. The van der Waals surface area contributed by atoms with Crippen LogP contribution in [0.25, 0.3) is 0 Å². The van der Waals surface area contributed by atoms with Gasteiger partial charge in [-0.3, -0.25) is 0 Å². The molecule has 3 aromatic carbocycles. The van der Waals surface area contributed by atoms with Crippen molar-refractivity contribution in [3.05, 3.63) is 83.4 Å². The van der Waals surface area contributed by atoms with Crippen molar-refractivity contribution in [2.45, 2.75) is 11.4 Å². The molecule has 0 aromatic heterocycles. The minimum atomic E-state index is -3.71. The highest BCUT2D eigenvalue weighted by molar-refractivity contribution is 7.89. The van der Waals surface area contributed by atoms with Gasteiger partial charge in [0.2, 0.25) is 10.0 Å². The molecule has 0 heterocycles. The number of rotatable bonds is 7. The lowest BCUT2D eigenvalue weighted by molar-refractivity contribution is 0.414. The molecule has 1 N–H and O–H groups in total. The van der Waals surface area contributed by atoms with Gasteiger partial charge < -0.3 is 9.47 Å². The lowest BCUT2D eigenvalue weighted by atomic mass is 10.2. The van der Waals surface area contributed by atoms with Gasteiger partial charge >= 0.3 is 0 Å². The van der Waals surface area contributed by atoms with E-state index in [1.807, 2.05) is 48.5 Å². The van der Waals surface area contributed by atoms with Gasteiger partial charge in [-0.15, -0.1) is 0 Å². The number of sulfonamides is 1. The molecule has 0 fully saturated rings. The molecule has 0 spiro atoms. The average molecular weight is 404 g/mol. The van der Waals surface area contributed by atoms with Gasteiger partial charge in [0.05, 0.1) is 17.0 Å². The second-order valence-corrected chi connectivity index (χ2v) is 7.86. The number of hydrogen-bond donors (Lipinski definition) is 1. The Bertz CT molecular complexity index is 1020. The summed E-state index contributed by atoms with van der Waals surface area (Å²) in [5.41, 5.74) is 0.770. The van der Waals surface area contributed by atoms with Crippen LogP contribution in [-0.2, 0) is 16.6 Å². The van der Waals surface area contributed by atoms with E-state index in [9.17, 15) is 8.42 Å². The van der Waals surface area contributed by atoms with Crippen LogP contribution in [0.2, 0.25) is 5.02 Å². The van der Waals surface area contributed by atoms with Crippen LogP contribution in [0.5, 0.6) is 17.2 Å².